The number of rotatable bonds is 6. The lowest BCUT2D eigenvalue weighted by atomic mass is 9.91. The number of nitrogens with zero attached hydrogens (tertiary/aromatic N) is 1. The molecule has 36 heavy (non-hydrogen) atoms. The third kappa shape index (κ3) is 5.24. The van der Waals surface area contributed by atoms with Crippen molar-refractivity contribution in [2.45, 2.75) is 12.1 Å². The van der Waals surface area contributed by atoms with Crippen LogP contribution in [0.1, 0.15) is 28.2 Å². The predicted octanol–water partition coefficient (Wildman–Crippen LogP) is 5.99. The molecule has 6 nitrogen and oxygen atoms in total. The average Bonchev–Trinajstić information content (AvgIpc) is 3.27. The van der Waals surface area contributed by atoms with Crippen molar-refractivity contribution in [1.29, 1.82) is 0 Å². The maximum absolute atomic E-state index is 14.7. The van der Waals surface area contributed by atoms with E-state index in [1.54, 1.807) is 6.07 Å². The monoisotopic (exact) mass is 502 g/mol. The van der Waals surface area contributed by atoms with Crippen LogP contribution in [0.5, 0.6) is 0 Å². The number of carboxylic acids is 1. The van der Waals surface area contributed by atoms with Gasteiger partial charge in [-0.05, 0) is 59.2 Å². The molecule has 0 radical (unpaired) electrons. The molecular weight excluding hydrogens is 487 g/mol. The Morgan fingerprint density at radius 3 is 2.39 bits per heavy atom. The molecule has 1 atom stereocenters. The van der Waals surface area contributed by atoms with E-state index in [1.807, 2.05) is 0 Å². The summed E-state index contributed by atoms with van der Waals surface area (Å²) < 4.78 is 71.7. The number of nitrogens with one attached hydrogen (secondary N) is 1. The molecule has 0 spiro atoms. The molecule has 1 unspecified atom stereocenters. The van der Waals surface area contributed by atoms with Gasteiger partial charge in [-0.25, -0.2) is 13.8 Å². The Labute approximate surface area is 199 Å². The number of fused-ring (bicyclic) bond motifs is 1. The molecule has 0 fully saturated rings. The van der Waals surface area contributed by atoms with E-state index < -0.39 is 41.2 Å². The topological polar surface area (TPSA) is 92.4 Å². The van der Waals surface area contributed by atoms with Gasteiger partial charge in [-0.15, -0.1) is 0 Å². The van der Waals surface area contributed by atoms with Crippen LogP contribution >= 0.6 is 0 Å². The Kier molecular flexibility index (Phi) is 6.56. The molecule has 4 aromatic rings. The molecule has 0 aliphatic carbocycles. The van der Waals surface area contributed by atoms with Gasteiger partial charge < -0.3 is 14.8 Å². The van der Waals surface area contributed by atoms with Crippen LogP contribution in [0.15, 0.2) is 71.5 Å². The van der Waals surface area contributed by atoms with Crippen LogP contribution in [0.2, 0.25) is 0 Å². The Balaban J connectivity index is 1.52. The van der Waals surface area contributed by atoms with E-state index in [9.17, 15) is 36.6 Å². The van der Waals surface area contributed by atoms with Crippen LogP contribution in [-0.2, 0) is 15.8 Å². The minimum atomic E-state index is -4.91. The molecule has 1 amide bonds. The molecular formula is C25H15F5N2O4. The van der Waals surface area contributed by atoms with Crippen molar-refractivity contribution in [1.82, 2.24) is 4.98 Å². The van der Waals surface area contributed by atoms with Crippen LogP contribution in [0.4, 0.5) is 27.6 Å². The zero-order chi connectivity index (χ0) is 26.0. The highest BCUT2D eigenvalue weighted by Gasteiger charge is 2.34. The number of anilines is 1. The van der Waals surface area contributed by atoms with E-state index in [4.69, 9.17) is 4.42 Å². The first-order chi connectivity index (χ1) is 17.0. The van der Waals surface area contributed by atoms with Crippen LogP contribution in [0, 0.1) is 11.6 Å². The average molecular weight is 502 g/mol. The second-order valence-electron chi connectivity index (χ2n) is 7.65. The van der Waals surface area contributed by atoms with Gasteiger partial charge in [0, 0.05) is 6.08 Å². The summed E-state index contributed by atoms with van der Waals surface area (Å²) >= 11 is 0. The zero-order valence-electron chi connectivity index (χ0n) is 18.0. The van der Waals surface area contributed by atoms with E-state index in [0.717, 1.165) is 24.3 Å². The van der Waals surface area contributed by atoms with Crippen molar-refractivity contribution < 1.29 is 41.1 Å². The molecule has 0 saturated carbocycles. The standard InChI is InChI=1S/C25H15F5N2O4/c26-17-5-1-13(9-16(17)25(28,29)30)2-8-22(33)32-19-6-3-14(10-18(19)27)23(24(34)35)15-4-7-21-20(11-15)31-12-36-21/h1-12,23H,(H,32,33)(H,34,35). The fraction of sp³-hybridized carbons (Fsp3) is 0.0800. The second kappa shape index (κ2) is 9.61. The number of aliphatic carboxylic acids is 1. The minimum Gasteiger partial charge on any atom is -0.481 e. The maximum Gasteiger partial charge on any atom is 0.419 e. The largest absolute Gasteiger partial charge is 0.481 e. The first kappa shape index (κ1) is 24.6. The molecule has 0 saturated heterocycles. The van der Waals surface area contributed by atoms with E-state index in [-0.39, 0.29) is 16.8 Å². The summed E-state index contributed by atoms with van der Waals surface area (Å²) in [5.41, 5.74) is -0.540. The number of amides is 1. The van der Waals surface area contributed by atoms with Crippen LogP contribution < -0.4 is 5.32 Å². The number of carbonyl (C=O) groups is 2. The van der Waals surface area contributed by atoms with Gasteiger partial charge in [-0.3, -0.25) is 9.59 Å². The third-order valence-electron chi connectivity index (χ3n) is 5.24. The van der Waals surface area contributed by atoms with Gasteiger partial charge in [-0.1, -0.05) is 18.2 Å². The Bertz CT molecular complexity index is 1490. The van der Waals surface area contributed by atoms with Gasteiger partial charge >= 0.3 is 12.1 Å². The second-order valence-corrected chi connectivity index (χ2v) is 7.65. The number of benzene rings is 3. The summed E-state index contributed by atoms with van der Waals surface area (Å²) in [6.07, 6.45) is -1.83. The summed E-state index contributed by atoms with van der Waals surface area (Å²) in [7, 11) is 0. The first-order valence-corrected chi connectivity index (χ1v) is 10.2. The number of aromatic nitrogens is 1. The molecule has 2 N–H and O–H groups in total. The smallest absolute Gasteiger partial charge is 0.419 e. The predicted molar refractivity (Wildman–Crippen MR) is 119 cm³/mol. The molecule has 1 heterocycles. The summed E-state index contributed by atoms with van der Waals surface area (Å²) in [4.78, 5) is 28.1. The maximum atomic E-state index is 14.7. The first-order valence-electron chi connectivity index (χ1n) is 10.2. The number of halogens is 5. The van der Waals surface area contributed by atoms with E-state index in [1.165, 1.54) is 30.7 Å². The van der Waals surface area contributed by atoms with Gasteiger partial charge in [0.15, 0.2) is 12.0 Å². The molecule has 0 bridgehead atoms. The van der Waals surface area contributed by atoms with Gasteiger partial charge in [0.05, 0.1) is 11.3 Å². The lowest BCUT2D eigenvalue weighted by Crippen LogP contribution is -2.14. The number of oxazole rings is 1. The summed E-state index contributed by atoms with van der Waals surface area (Å²) in [6, 6.07) is 10.2. The fourth-order valence-electron chi connectivity index (χ4n) is 3.55. The van der Waals surface area contributed by atoms with Crippen LogP contribution in [0.3, 0.4) is 0 Å². The number of carbonyl (C=O) groups excluding carboxylic acids is 1. The highest BCUT2D eigenvalue weighted by Crippen LogP contribution is 2.32. The SMILES string of the molecule is O=C(C=Cc1ccc(F)c(C(F)(F)F)c1)Nc1ccc(C(C(=O)O)c2ccc3ocnc3c2)cc1F. The van der Waals surface area contributed by atoms with Gasteiger partial charge in [-0.2, -0.15) is 13.2 Å². The Hall–Kier alpha value is -4.54. The summed E-state index contributed by atoms with van der Waals surface area (Å²) in [5.74, 6) is -5.72. The normalized spacial score (nSPS) is 12.7. The zero-order valence-corrected chi connectivity index (χ0v) is 18.0. The van der Waals surface area contributed by atoms with E-state index >= 15 is 0 Å². The Morgan fingerprint density at radius 2 is 1.69 bits per heavy atom. The fourth-order valence-corrected chi connectivity index (χ4v) is 3.55. The highest BCUT2D eigenvalue weighted by atomic mass is 19.4. The van der Waals surface area contributed by atoms with Crippen molar-refractivity contribution >= 4 is 34.7 Å². The van der Waals surface area contributed by atoms with E-state index in [0.29, 0.717) is 28.8 Å². The molecule has 0 aliphatic rings. The molecule has 3 aromatic carbocycles. The van der Waals surface area contributed by atoms with Gasteiger partial charge in [0.25, 0.3) is 0 Å². The molecule has 11 heteroatoms. The molecule has 1 aromatic heterocycles. The Morgan fingerprint density at radius 1 is 0.972 bits per heavy atom. The summed E-state index contributed by atoms with van der Waals surface area (Å²) in [5, 5.41) is 12.0. The summed E-state index contributed by atoms with van der Waals surface area (Å²) in [6.45, 7) is 0. The highest BCUT2D eigenvalue weighted by molar-refractivity contribution is 6.02. The van der Waals surface area contributed by atoms with Crippen molar-refractivity contribution in [3.63, 3.8) is 0 Å². The quantitative estimate of drug-likeness (QED) is 0.250. The minimum absolute atomic E-state index is 0.0944. The number of hydrogen-bond donors (Lipinski definition) is 2. The lowest BCUT2D eigenvalue weighted by Gasteiger charge is -2.15. The molecule has 4 rings (SSSR count). The van der Waals surface area contributed by atoms with Gasteiger partial charge in [0.1, 0.15) is 23.1 Å². The number of hydrogen-bond acceptors (Lipinski definition) is 4. The van der Waals surface area contributed by atoms with Crippen LogP contribution in [0.25, 0.3) is 17.2 Å². The van der Waals surface area contributed by atoms with Gasteiger partial charge in [0.2, 0.25) is 5.91 Å². The van der Waals surface area contributed by atoms with E-state index in [2.05, 4.69) is 10.3 Å². The van der Waals surface area contributed by atoms with Crippen molar-refractivity contribution in [3.05, 3.63) is 101 Å². The molecule has 0 aliphatic heterocycles. The third-order valence-corrected chi connectivity index (χ3v) is 5.24. The van der Waals surface area contributed by atoms with Crippen molar-refractivity contribution in [2.75, 3.05) is 5.32 Å². The number of alkyl halides is 3. The van der Waals surface area contributed by atoms with Crippen molar-refractivity contribution in [2.24, 2.45) is 0 Å². The molecule has 184 valence electrons. The van der Waals surface area contributed by atoms with Crippen molar-refractivity contribution in [3.8, 4) is 0 Å². The lowest BCUT2D eigenvalue weighted by molar-refractivity contribution is -0.140. The number of carboxylic acid groups (broad SMARTS) is 1. The van der Waals surface area contributed by atoms with Crippen LogP contribution in [-0.4, -0.2) is 22.0 Å².